The van der Waals surface area contributed by atoms with Crippen LogP contribution in [-0.4, -0.2) is 33.6 Å². The second-order valence-electron chi connectivity index (χ2n) is 4.02. The summed E-state index contributed by atoms with van der Waals surface area (Å²) in [6.07, 6.45) is 9.68. The lowest BCUT2D eigenvalue weighted by atomic mass is 10.2. The molecule has 2 heterocycles. The fraction of sp³-hybridized carbons (Fsp3) is 0.727. The van der Waals surface area contributed by atoms with Crippen molar-refractivity contribution in [2.45, 2.75) is 31.8 Å². The molecule has 1 fully saturated rings. The average molecular weight is 225 g/mol. The molecular formula is C11H19N3S. The zero-order valence-corrected chi connectivity index (χ0v) is 9.88. The Kier molecular flexibility index (Phi) is 4.54. The minimum atomic E-state index is 0.756. The maximum atomic E-state index is 4.03. The first-order valence-electron chi connectivity index (χ1n) is 5.72. The fourth-order valence-corrected chi connectivity index (χ4v) is 3.00. The highest BCUT2D eigenvalue weighted by Crippen LogP contribution is 2.16. The predicted octanol–water partition coefficient (Wildman–Crippen LogP) is 1.76. The topological polar surface area (TPSA) is 29.9 Å². The van der Waals surface area contributed by atoms with Crippen LogP contribution in [0.1, 0.15) is 19.3 Å². The smallest absolute Gasteiger partial charge is 0.0945 e. The highest BCUT2D eigenvalue weighted by atomic mass is 32.2. The zero-order valence-electron chi connectivity index (χ0n) is 9.06. The van der Waals surface area contributed by atoms with E-state index in [0.29, 0.717) is 0 Å². The third-order valence-corrected chi connectivity index (χ3v) is 3.96. The van der Waals surface area contributed by atoms with Gasteiger partial charge in [0, 0.05) is 30.7 Å². The van der Waals surface area contributed by atoms with Gasteiger partial charge < -0.3 is 9.88 Å². The first-order chi connectivity index (χ1) is 7.45. The van der Waals surface area contributed by atoms with Crippen molar-refractivity contribution in [2.24, 2.45) is 0 Å². The van der Waals surface area contributed by atoms with Crippen LogP contribution in [0.5, 0.6) is 0 Å². The molecule has 0 radical (unpaired) electrons. The van der Waals surface area contributed by atoms with Crippen LogP contribution in [0, 0.1) is 0 Å². The summed E-state index contributed by atoms with van der Waals surface area (Å²) in [6.45, 7) is 2.20. The van der Waals surface area contributed by atoms with Crippen LogP contribution in [0.4, 0.5) is 0 Å². The van der Waals surface area contributed by atoms with Crippen molar-refractivity contribution < 1.29 is 0 Å². The van der Waals surface area contributed by atoms with Crippen LogP contribution >= 0.6 is 11.8 Å². The van der Waals surface area contributed by atoms with Crippen LogP contribution in [-0.2, 0) is 6.54 Å². The lowest BCUT2D eigenvalue weighted by Gasteiger charge is -2.22. The number of aryl methyl sites for hydroxylation is 1. The molecule has 1 aromatic heterocycles. The quantitative estimate of drug-likeness (QED) is 0.774. The molecule has 1 atom stereocenters. The Bertz CT molecular complexity index is 255. The number of imidazole rings is 1. The number of hydrogen-bond acceptors (Lipinski definition) is 3. The van der Waals surface area contributed by atoms with Crippen molar-refractivity contribution >= 4 is 11.8 Å². The SMILES string of the molecule is c1cn(CCCN[C@@H]2CCCSC2)cn1. The van der Waals surface area contributed by atoms with Crippen molar-refractivity contribution in [3.8, 4) is 0 Å². The number of aromatic nitrogens is 2. The molecule has 0 aromatic carbocycles. The van der Waals surface area contributed by atoms with Crippen LogP contribution in [0.15, 0.2) is 18.7 Å². The maximum Gasteiger partial charge on any atom is 0.0945 e. The van der Waals surface area contributed by atoms with Gasteiger partial charge >= 0.3 is 0 Å². The van der Waals surface area contributed by atoms with Crippen molar-refractivity contribution in [1.29, 1.82) is 0 Å². The molecule has 0 unspecified atom stereocenters. The molecule has 0 bridgehead atoms. The number of hydrogen-bond donors (Lipinski definition) is 1. The molecule has 0 saturated carbocycles. The van der Waals surface area contributed by atoms with E-state index in [2.05, 4.69) is 26.6 Å². The van der Waals surface area contributed by atoms with Crippen molar-refractivity contribution in [3.05, 3.63) is 18.7 Å². The largest absolute Gasteiger partial charge is 0.337 e. The first-order valence-corrected chi connectivity index (χ1v) is 6.87. The van der Waals surface area contributed by atoms with Gasteiger partial charge in [-0.05, 0) is 31.6 Å². The third kappa shape index (κ3) is 3.87. The Labute approximate surface area is 95.7 Å². The second kappa shape index (κ2) is 6.18. The Hall–Kier alpha value is -0.480. The van der Waals surface area contributed by atoms with E-state index in [-0.39, 0.29) is 0 Å². The molecule has 1 aromatic rings. The van der Waals surface area contributed by atoms with Gasteiger partial charge in [-0.25, -0.2) is 4.98 Å². The van der Waals surface area contributed by atoms with Gasteiger partial charge in [-0.1, -0.05) is 0 Å². The van der Waals surface area contributed by atoms with Crippen molar-refractivity contribution in [3.63, 3.8) is 0 Å². The van der Waals surface area contributed by atoms with Gasteiger partial charge in [0.25, 0.3) is 0 Å². The van der Waals surface area contributed by atoms with Crippen molar-refractivity contribution in [1.82, 2.24) is 14.9 Å². The highest BCUT2D eigenvalue weighted by Gasteiger charge is 2.11. The van der Waals surface area contributed by atoms with E-state index in [1.54, 1.807) is 0 Å². The van der Waals surface area contributed by atoms with E-state index in [1.807, 2.05) is 18.7 Å². The summed E-state index contributed by atoms with van der Waals surface area (Å²) in [6, 6.07) is 0.756. The number of rotatable bonds is 5. The molecule has 0 amide bonds. The minimum absolute atomic E-state index is 0.756. The predicted molar refractivity (Wildman–Crippen MR) is 65.2 cm³/mol. The minimum Gasteiger partial charge on any atom is -0.337 e. The molecule has 0 aliphatic carbocycles. The summed E-state index contributed by atoms with van der Waals surface area (Å²) in [5.74, 6) is 2.65. The van der Waals surface area contributed by atoms with Crippen LogP contribution in [0.2, 0.25) is 0 Å². The van der Waals surface area contributed by atoms with Gasteiger partial charge in [0.15, 0.2) is 0 Å². The number of nitrogens with zero attached hydrogens (tertiary/aromatic N) is 2. The van der Waals surface area contributed by atoms with Gasteiger partial charge in [0.1, 0.15) is 0 Å². The number of nitrogens with one attached hydrogen (secondary N) is 1. The van der Waals surface area contributed by atoms with E-state index >= 15 is 0 Å². The van der Waals surface area contributed by atoms with E-state index in [4.69, 9.17) is 0 Å². The van der Waals surface area contributed by atoms with Crippen LogP contribution in [0.3, 0.4) is 0 Å². The Balaban J connectivity index is 1.54. The monoisotopic (exact) mass is 225 g/mol. The zero-order chi connectivity index (χ0) is 10.3. The summed E-state index contributed by atoms with van der Waals surface area (Å²) in [7, 11) is 0. The molecule has 3 nitrogen and oxygen atoms in total. The van der Waals surface area contributed by atoms with E-state index in [9.17, 15) is 0 Å². The Morgan fingerprint density at radius 2 is 2.53 bits per heavy atom. The lowest BCUT2D eigenvalue weighted by Crippen LogP contribution is -2.34. The molecule has 1 N–H and O–H groups in total. The van der Waals surface area contributed by atoms with E-state index in [1.165, 1.54) is 30.8 Å². The summed E-state index contributed by atoms with van der Waals surface area (Å²) >= 11 is 2.08. The van der Waals surface area contributed by atoms with Gasteiger partial charge in [0.05, 0.1) is 6.33 Å². The second-order valence-corrected chi connectivity index (χ2v) is 5.17. The highest BCUT2D eigenvalue weighted by molar-refractivity contribution is 7.99. The van der Waals surface area contributed by atoms with Gasteiger partial charge in [0.2, 0.25) is 0 Å². The van der Waals surface area contributed by atoms with Crippen molar-refractivity contribution in [2.75, 3.05) is 18.1 Å². The molecule has 1 saturated heterocycles. The average Bonchev–Trinajstić information content (AvgIpc) is 2.79. The van der Waals surface area contributed by atoms with E-state index in [0.717, 1.165) is 19.1 Å². The molecule has 4 heteroatoms. The Morgan fingerprint density at radius 1 is 1.53 bits per heavy atom. The standard InChI is InChI=1S/C11H19N3S/c1-3-11(9-15-8-1)13-4-2-6-14-7-5-12-10-14/h5,7,10-11,13H,1-4,6,8-9H2/t11-/m1/s1. The molecule has 1 aliphatic rings. The normalized spacial score (nSPS) is 21.7. The van der Waals surface area contributed by atoms with Gasteiger partial charge in [-0.2, -0.15) is 11.8 Å². The Morgan fingerprint density at radius 3 is 3.27 bits per heavy atom. The first kappa shape index (κ1) is 11.0. The summed E-state index contributed by atoms with van der Waals surface area (Å²) in [5, 5.41) is 3.63. The molecule has 2 rings (SSSR count). The third-order valence-electron chi connectivity index (χ3n) is 2.75. The van der Waals surface area contributed by atoms with Crippen LogP contribution in [0.25, 0.3) is 0 Å². The summed E-state index contributed by atoms with van der Waals surface area (Å²) < 4.78 is 2.14. The number of thioether (sulfide) groups is 1. The fourth-order valence-electron chi connectivity index (χ4n) is 1.89. The maximum absolute atomic E-state index is 4.03. The summed E-state index contributed by atoms with van der Waals surface area (Å²) in [5.41, 5.74) is 0. The molecule has 15 heavy (non-hydrogen) atoms. The van der Waals surface area contributed by atoms with E-state index < -0.39 is 0 Å². The molecule has 84 valence electrons. The van der Waals surface area contributed by atoms with Gasteiger partial charge in [-0.15, -0.1) is 0 Å². The summed E-state index contributed by atoms with van der Waals surface area (Å²) in [4.78, 5) is 4.03. The molecular weight excluding hydrogens is 206 g/mol. The molecule has 0 spiro atoms. The lowest BCUT2D eigenvalue weighted by molar-refractivity contribution is 0.485. The molecule has 1 aliphatic heterocycles. The van der Waals surface area contributed by atoms with Crippen LogP contribution < -0.4 is 5.32 Å². The van der Waals surface area contributed by atoms with Gasteiger partial charge in [-0.3, -0.25) is 0 Å².